The van der Waals surface area contributed by atoms with Gasteiger partial charge in [-0.3, -0.25) is 4.79 Å². The minimum Gasteiger partial charge on any atom is -0.308 e. The van der Waals surface area contributed by atoms with E-state index in [2.05, 4.69) is 9.97 Å². The van der Waals surface area contributed by atoms with Gasteiger partial charge < -0.3 is 4.98 Å². The maximum absolute atomic E-state index is 12.2. The number of alkyl halides is 2. The zero-order valence-corrected chi connectivity index (χ0v) is 12.4. The summed E-state index contributed by atoms with van der Waals surface area (Å²) < 4.78 is 0. The maximum atomic E-state index is 12.2. The first-order valence-electron chi connectivity index (χ1n) is 5.70. The second kappa shape index (κ2) is 5.95. The molecule has 0 unspecified atom stereocenters. The Morgan fingerprint density at radius 2 is 1.89 bits per heavy atom. The number of nitrogens with one attached hydrogen (secondary N) is 1. The average Bonchev–Trinajstić information content (AvgIpc) is 2.39. The minimum absolute atomic E-state index is 0.254. The van der Waals surface area contributed by atoms with Crippen molar-refractivity contribution < 1.29 is 0 Å². The van der Waals surface area contributed by atoms with Gasteiger partial charge in [-0.05, 0) is 24.1 Å². The zero-order valence-electron chi connectivity index (χ0n) is 10.1. The van der Waals surface area contributed by atoms with E-state index >= 15 is 0 Å². The van der Waals surface area contributed by atoms with Crippen molar-refractivity contribution in [3.05, 3.63) is 51.2 Å². The van der Waals surface area contributed by atoms with Gasteiger partial charge in [0.1, 0.15) is 5.82 Å². The highest BCUT2D eigenvalue weighted by molar-refractivity contribution is 6.43. The van der Waals surface area contributed by atoms with Gasteiger partial charge in [-0.2, -0.15) is 0 Å². The standard InChI is InChI=1S/C13H11Cl3N2O/c1-2-9-10(7-3-5-8(14)6-4-7)13(19)18-12(17-9)11(15)16/h3-6,11H,2H2,1H3,(H,17,18,19). The molecule has 2 aromatic rings. The van der Waals surface area contributed by atoms with Crippen molar-refractivity contribution in [1.29, 1.82) is 0 Å². The maximum Gasteiger partial charge on any atom is 0.259 e. The minimum atomic E-state index is -0.850. The Labute approximate surface area is 125 Å². The summed E-state index contributed by atoms with van der Waals surface area (Å²) in [5.74, 6) is 0.267. The second-order valence-corrected chi connectivity index (χ2v) is 5.47. The molecule has 0 fully saturated rings. The monoisotopic (exact) mass is 316 g/mol. The number of aromatic amines is 1. The fourth-order valence-corrected chi connectivity index (χ4v) is 2.15. The topological polar surface area (TPSA) is 45.8 Å². The van der Waals surface area contributed by atoms with Gasteiger partial charge in [0.05, 0.1) is 11.3 Å². The van der Waals surface area contributed by atoms with Crippen LogP contribution in [0.5, 0.6) is 0 Å². The normalized spacial score (nSPS) is 11.0. The molecule has 0 saturated carbocycles. The average molecular weight is 318 g/mol. The predicted molar refractivity (Wildman–Crippen MR) is 79.1 cm³/mol. The molecule has 1 heterocycles. The lowest BCUT2D eigenvalue weighted by Crippen LogP contribution is -2.17. The molecule has 3 nitrogen and oxygen atoms in total. The van der Waals surface area contributed by atoms with Crippen LogP contribution in [0.4, 0.5) is 0 Å². The summed E-state index contributed by atoms with van der Waals surface area (Å²) in [6.07, 6.45) is 0.607. The Kier molecular flexibility index (Phi) is 4.50. The molecule has 6 heteroatoms. The Hall–Kier alpha value is -1.03. The molecule has 0 aliphatic heterocycles. The number of benzene rings is 1. The Bertz CT molecular complexity index is 635. The third-order valence-electron chi connectivity index (χ3n) is 2.69. The van der Waals surface area contributed by atoms with Crippen LogP contribution >= 0.6 is 34.8 Å². The number of halogens is 3. The Balaban J connectivity index is 2.63. The number of aryl methyl sites for hydroxylation is 1. The molecule has 0 spiro atoms. The van der Waals surface area contributed by atoms with Crippen LogP contribution in [0.2, 0.25) is 5.02 Å². The van der Waals surface area contributed by atoms with E-state index in [0.717, 1.165) is 5.56 Å². The lowest BCUT2D eigenvalue weighted by atomic mass is 10.0. The number of hydrogen-bond donors (Lipinski definition) is 1. The first kappa shape index (κ1) is 14.4. The van der Waals surface area contributed by atoms with Crippen LogP contribution < -0.4 is 5.56 Å². The van der Waals surface area contributed by atoms with Gasteiger partial charge >= 0.3 is 0 Å². The van der Waals surface area contributed by atoms with Gasteiger partial charge in [0.2, 0.25) is 0 Å². The lowest BCUT2D eigenvalue weighted by molar-refractivity contribution is 0.913. The molecule has 0 amide bonds. The first-order chi connectivity index (χ1) is 9.02. The van der Waals surface area contributed by atoms with Gasteiger partial charge in [-0.25, -0.2) is 4.98 Å². The smallest absolute Gasteiger partial charge is 0.259 e. The largest absolute Gasteiger partial charge is 0.308 e. The van der Waals surface area contributed by atoms with Crippen molar-refractivity contribution in [2.75, 3.05) is 0 Å². The van der Waals surface area contributed by atoms with E-state index < -0.39 is 4.84 Å². The first-order valence-corrected chi connectivity index (χ1v) is 6.95. The molecule has 0 aliphatic rings. The SMILES string of the molecule is CCc1nc(C(Cl)Cl)[nH]c(=O)c1-c1ccc(Cl)cc1. The summed E-state index contributed by atoms with van der Waals surface area (Å²) in [4.78, 5) is 18.2. The van der Waals surface area contributed by atoms with Crippen molar-refractivity contribution in [1.82, 2.24) is 9.97 Å². The van der Waals surface area contributed by atoms with E-state index in [4.69, 9.17) is 34.8 Å². The molecule has 0 saturated heterocycles. The third kappa shape index (κ3) is 3.11. The predicted octanol–water partition coefficient (Wildman–Crippen LogP) is 4.13. The molecular weight excluding hydrogens is 307 g/mol. The summed E-state index contributed by atoms with van der Waals surface area (Å²) in [7, 11) is 0. The number of hydrogen-bond acceptors (Lipinski definition) is 2. The molecule has 0 bridgehead atoms. The van der Waals surface area contributed by atoms with Crippen LogP contribution in [0, 0.1) is 0 Å². The molecule has 0 aliphatic carbocycles. The van der Waals surface area contributed by atoms with Gasteiger partial charge in [-0.1, -0.05) is 53.9 Å². The van der Waals surface area contributed by atoms with Gasteiger partial charge in [0, 0.05) is 5.02 Å². The van der Waals surface area contributed by atoms with E-state index in [1.807, 2.05) is 6.92 Å². The van der Waals surface area contributed by atoms with Gasteiger partial charge in [0.15, 0.2) is 4.84 Å². The molecule has 0 radical (unpaired) electrons. The molecule has 1 N–H and O–H groups in total. The van der Waals surface area contributed by atoms with Crippen LogP contribution in [0.1, 0.15) is 23.3 Å². The number of nitrogens with zero attached hydrogens (tertiary/aromatic N) is 1. The van der Waals surface area contributed by atoms with Crippen molar-refractivity contribution >= 4 is 34.8 Å². The zero-order chi connectivity index (χ0) is 14.0. The van der Waals surface area contributed by atoms with Gasteiger partial charge in [0.25, 0.3) is 5.56 Å². The Morgan fingerprint density at radius 1 is 1.26 bits per heavy atom. The molecule has 19 heavy (non-hydrogen) atoms. The Morgan fingerprint density at radius 3 is 2.42 bits per heavy atom. The fraction of sp³-hybridized carbons (Fsp3) is 0.231. The number of rotatable bonds is 3. The lowest BCUT2D eigenvalue weighted by Gasteiger charge is -2.09. The molecule has 0 atom stereocenters. The van der Waals surface area contributed by atoms with Crippen molar-refractivity contribution in [3.63, 3.8) is 0 Å². The molecule has 100 valence electrons. The highest BCUT2D eigenvalue weighted by atomic mass is 35.5. The summed E-state index contributed by atoms with van der Waals surface area (Å²) in [5, 5.41) is 0.615. The quantitative estimate of drug-likeness (QED) is 0.865. The highest BCUT2D eigenvalue weighted by Gasteiger charge is 2.15. The molecule has 2 rings (SSSR count). The fourth-order valence-electron chi connectivity index (χ4n) is 1.81. The van der Waals surface area contributed by atoms with Crippen LogP contribution in [0.25, 0.3) is 11.1 Å². The van der Waals surface area contributed by atoms with Gasteiger partial charge in [-0.15, -0.1) is 0 Å². The van der Waals surface area contributed by atoms with E-state index in [1.165, 1.54) is 0 Å². The van der Waals surface area contributed by atoms with Crippen LogP contribution in [0.3, 0.4) is 0 Å². The molecular formula is C13H11Cl3N2O. The molecule has 1 aromatic carbocycles. The highest BCUT2D eigenvalue weighted by Crippen LogP contribution is 2.25. The van der Waals surface area contributed by atoms with E-state index in [9.17, 15) is 4.79 Å². The molecule has 1 aromatic heterocycles. The van der Waals surface area contributed by atoms with Crippen LogP contribution in [0.15, 0.2) is 29.1 Å². The summed E-state index contributed by atoms with van der Waals surface area (Å²) >= 11 is 17.3. The number of H-pyrrole nitrogens is 1. The van der Waals surface area contributed by atoms with E-state index in [0.29, 0.717) is 22.7 Å². The summed E-state index contributed by atoms with van der Waals surface area (Å²) in [6.45, 7) is 1.92. The van der Waals surface area contributed by atoms with Crippen molar-refractivity contribution in [3.8, 4) is 11.1 Å². The summed E-state index contributed by atoms with van der Waals surface area (Å²) in [5.41, 5.74) is 1.70. The van der Waals surface area contributed by atoms with Crippen LogP contribution in [-0.2, 0) is 6.42 Å². The van der Waals surface area contributed by atoms with E-state index in [-0.39, 0.29) is 11.4 Å². The second-order valence-electron chi connectivity index (χ2n) is 3.93. The van der Waals surface area contributed by atoms with E-state index in [1.54, 1.807) is 24.3 Å². The van der Waals surface area contributed by atoms with Crippen LogP contribution in [-0.4, -0.2) is 9.97 Å². The van der Waals surface area contributed by atoms with Crippen molar-refractivity contribution in [2.45, 2.75) is 18.2 Å². The van der Waals surface area contributed by atoms with Crippen molar-refractivity contribution in [2.24, 2.45) is 0 Å². The number of aromatic nitrogens is 2. The third-order valence-corrected chi connectivity index (χ3v) is 3.35. The summed E-state index contributed by atoms with van der Waals surface area (Å²) in [6, 6.07) is 7.03.